The second kappa shape index (κ2) is 7.02. The first kappa shape index (κ1) is 15.2. The predicted octanol–water partition coefficient (Wildman–Crippen LogP) is 1.01. The third-order valence-electron chi connectivity index (χ3n) is 3.69. The zero-order valence-corrected chi connectivity index (χ0v) is 12.5. The summed E-state index contributed by atoms with van der Waals surface area (Å²) >= 11 is 0. The molecule has 2 aliphatic rings. The van der Waals surface area contributed by atoms with Gasteiger partial charge < -0.3 is 10.1 Å². The van der Waals surface area contributed by atoms with Crippen LogP contribution in [-0.4, -0.2) is 45.5 Å². The molecule has 2 fully saturated rings. The van der Waals surface area contributed by atoms with Crippen molar-refractivity contribution < 1.29 is 13.2 Å². The number of ether oxygens (including phenoxy) is 1. The Morgan fingerprint density at radius 2 is 1.89 bits per heavy atom. The largest absolute Gasteiger partial charge is 0.378 e. The molecule has 0 atom stereocenters. The molecule has 0 aromatic heterocycles. The number of unbranched alkanes of at least 4 members (excludes halogenated alkanes) is 1. The summed E-state index contributed by atoms with van der Waals surface area (Å²) in [6.45, 7) is 3.61. The molecule has 19 heavy (non-hydrogen) atoms. The fourth-order valence-corrected chi connectivity index (χ4v) is 3.76. The molecule has 0 spiro atoms. The van der Waals surface area contributed by atoms with E-state index in [1.165, 1.54) is 12.8 Å². The summed E-state index contributed by atoms with van der Waals surface area (Å²) < 4.78 is 31.9. The van der Waals surface area contributed by atoms with Gasteiger partial charge in [0.1, 0.15) is 0 Å². The first-order valence-electron chi connectivity index (χ1n) is 7.44. The SMILES string of the molecule is CCOC1CC(NS(=O)(=O)CCCCNC2CC2)C1. The lowest BCUT2D eigenvalue weighted by Crippen LogP contribution is -2.48. The molecule has 0 saturated heterocycles. The molecule has 2 N–H and O–H groups in total. The van der Waals surface area contributed by atoms with Crippen molar-refractivity contribution in [3.63, 3.8) is 0 Å². The zero-order valence-electron chi connectivity index (χ0n) is 11.7. The summed E-state index contributed by atoms with van der Waals surface area (Å²) in [4.78, 5) is 0. The van der Waals surface area contributed by atoms with Crippen molar-refractivity contribution in [3.8, 4) is 0 Å². The molecule has 0 bridgehead atoms. The van der Waals surface area contributed by atoms with E-state index in [0.29, 0.717) is 12.6 Å². The molecule has 0 heterocycles. The van der Waals surface area contributed by atoms with E-state index in [4.69, 9.17) is 4.74 Å². The lowest BCUT2D eigenvalue weighted by atomic mass is 9.90. The van der Waals surface area contributed by atoms with E-state index >= 15 is 0 Å². The van der Waals surface area contributed by atoms with Gasteiger partial charge in [-0.2, -0.15) is 0 Å². The Morgan fingerprint density at radius 1 is 1.16 bits per heavy atom. The van der Waals surface area contributed by atoms with Crippen molar-refractivity contribution in [2.45, 2.75) is 63.6 Å². The third-order valence-corrected chi connectivity index (χ3v) is 5.21. The van der Waals surface area contributed by atoms with E-state index in [-0.39, 0.29) is 17.9 Å². The average Bonchev–Trinajstić information content (AvgIpc) is 3.09. The smallest absolute Gasteiger partial charge is 0.211 e. The Labute approximate surface area is 116 Å². The predicted molar refractivity (Wildman–Crippen MR) is 75.6 cm³/mol. The molecule has 2 aliphatic carbocycles. The quantitative estimate of drug-likeness (QED) is 0.589. The van der Waals surface area contributed by atoms with Crippen LogP contribution < -0.4 is 10.0 Å². The fraction of sp³-hybridized carbons (Fsp3) is 1.00. The molecule has 0 unspecified atom stereocenters. The average molecular weight is 290 g/mol. The standard InChI is InChI=1S/C13H26N2O3S/c1-2-18-13-9-12(10-13)15-19(16,17)8-4-3-7-14-11-5-6-11/h11-15H,2-10H2,1H3. The second-order valence-electron chi connectivity index (χ2n) is 5.62. The second-order valence-corrected chi connectivity index (χ2v) is 7.49. The van der Waals surface area contributed by atoms with Gasteiger partial charge in [-0.15, -0.1) is 0 Å². The number of sulfonamides is 1. The van der Waals surface area contributed by atoms with E-state index in [2.05, 4.69) is 10.0 Å². The summed E-state index contributed by atoms with van der Waals surface area (Å²) in [5.74, 6) is 0.245. The third kappa shape index (κ3) is 5.77. The van der Waals surface area contributed by atoms with Crippen molar-refractivity contribution in [2.75, 3.05) is 18.9 Å². The van der Waals surface area contributed by atoms with Gasteiger partial charge in [-0.25, -0.2) is 13.1 Å². The number of hydrogen-bond donors (Lipinski definition) is 2. The van der Waals surface area contributed by atoms with Crippen LogP contribution in [0.15, 0.2) is 0 Å². The molecule has 2 saturated carbocycles. The van der Waals surface area contributed by atoms with Gasteiger partial charge in [-0.05, 0) is 52.0 Å². The van der Waals surface area contributed by atoms with E-state index in [1.807, 2.05) is 6.92 Å². The van der Waals surface area contributed by atoms with Crippen LogP contribution >= 0.6 is 0 Å². The van der Waals surface area contributed by atoms with Gasteiger partial charge in [-0.3, -0.25) is 0 Å². The Balaban J connectivity index is 1.52. The summed E-state index contributed by atoms with van der Waals surface area (Å²) in [7, 11) is -3.10. The Bertz CT molecular complexity index is 362. The molecule has 0 aromatic carbocycles. The van der Waals surface area contributed by atoms with Crippen LogP contribution in [0.25, 0.3) is 0 Å². The first-order valence-corrected chi connectivity index (χ1v) is 9.09. The highest BCUT2D eigenvalue weighted by atomic mass is 32.2. The van der Waals surface area contributed by atoms with Crippen LogP contribution in [0.4, 0.5) is 0 Å². The molecule has 6 heteroatoms. The highest BCUT2D eigenvalue weighted by Gasteiger charge is 2.32. The minimum Gasteiger partial charge on any atom is -0.378 e. The van der Waals surface area contributed by atoms with Crippen LogP contribution in [0.2, 0.25) is 0 Å². The number of hydrogen-bond acceptors (Lipinski definition) is 4. The van der Waals surface area contributed by atoms with E-state index in [9.17, 15) is 8.42 Å². The van der Waals surface area contributed by atoms with Gasteiger partial charge in [0.15, 0.2) is 0 Å². The van der Waals surface area contributed by atoms with Crippen molar-refractivity contribution in [3.05, 3.63) is 0 Å². The van der Waals surface area contributed by atoms with Crippen LogP contribution in [0, 0.1) is 0 Å². The fourth-order valence-electron chi connectivity index (χ4n) is 2.36. The van der Waals surface area contributed by atoms with Gasteiger partial charge in [0, 0.05) is 18.7 Å². The van der Waals surface area contributed by atoms with Gasteiger partial charge in [0.25, 0.3) is 0 Å². The highest BCUT2D eigenvalue weighted by Crippen LogP contribution is 2.24. The normalized spacial score (nSPS) is 27.2. The first-order chi connectivity index (χ1) is 9.09. The van der Waals surface area contributed by atoms with E-state index in [0.717, 1.165) is 32.2 Å². The van der Waals surface area contributed by atoms with Gasteiger partial charge in [-0.1, -0.05) is 0 Å². The molecule has 0 radical (unpaired) electrons. The maximum absolute atomic E-state index is 11.8. The van der Waals surface area contributed by atoms with Crippen molar-refractivity contribution in [1.29, 1.82) is 0 Å². The van der Waals surface area contributed by atoms with Crippen LogP contribution in [0.5, 0.6) is 0 Å². The Kier molecular flexibility index (Phi) is 5.62. The van der Waals surface area contributed by atoms with E-state index in [1.54, 1.807) is 0 Å². The van der Waals surface area contributed by atoms with Gasteiger partial charge in [0.05, 0.1) is 11.9 Å². The van der Waals surface area contributed by atoms with Crippen LogP contribution in [0.1, 0.15) is 45.4 Å². The van der Waals surface area contributed by atoms with Crippen LogP contribution in [0.3, 0.4) is 0 Å². The maximum Gasteiger partial charge on any atom is 0.211 e. The minimum absolute atomic E-state index is 0.0890. The lowest BCUT2D eigenvalue weighted by Gasteiger charge is -2.35. The summed E-state index contributed by atoms with van der Waals surface area (Å²) in [5, 5.41) is 3.39. The van der Waals surface area contributed by atoms with E-state index < -0.39 is 10.0 Å². The molecule has 5 nitrogen and oxygen atoms in total. The maximum atomic E-state index is 11.8. The van der Waals surface area contributed by atoms with Crippen molar-refractivity contribution in [1.82, 2.24) is 10.0 Å². The molecule has 0 aromatic rings. The molecule has 112 valence electrons. The molecule has 0 amide bonds. The number of rotatable bonds is 10. The Hall–Kier alpha value is -0.170. The summed E-state index contributed by atoms with van der Waals surface area (Å²) in [5.41, 5.74) is 0. The lowest BCUT2D eigenvalue weighted by molar-refractivity contribution is -0.00475. The molecule has 0 aliphatic heterocycles. The Morgan fingerprint density at radius 3 is 2.53 bits per heavy atom. The summed E-state index contributed by atoms with van der Waals surface area (Å²) in [6.07, 6.45) is 6.11. The number of nitrogens with one attached hydrogen (secondary N) is 2. The monoisotopic (exact) mass is 290 g/mol. The van der Waals surface area contributed by atoms with Crippen molar-refractivity contribution in [2.24, 2.45) is 0 Å². The zero-order chi connectivity index (χ0) is 13.7. The van der Waals surface area contributed by atoms with Gasteiger partial charge >= 0.3 is 0 Å². The van der Waals surface area contributed by atoms with Gasteiger partial charge in [0.2, 0.25) is 10.0 Å². The van der Waals surface area contributed by atoms with Crippen molar-refractivity contribution >= 4 is 10.0 Å². The molecule has 2 rings (SSSR count). The minimum atomic E-state index is -3.10. The molecular formula is C13H26N2O3S. The molecular weight excluding hydrogens is 264 g/mol. The topological polar surface area (TPSA) is 67.4 Å². The van der Waals surface area contributed by atoms with Crippen LogP contribution in [-0.2, 0) is 14.8 Å². The summed E-state index contributed by atoms with van der Waals surface area (Å²) in [6, 6.07) is 0.798. The highest BCUT2D eigenvalue weighted by molar-refractivity contribution is 7.89.